The van der Waals surface area contributed by atoms with Crippen LogP contribution in [0.4, 0.5) is 10.1 Å². The fraction of sp³-hybridized carbons (Fsp3) is 0.364. The molecule has 1 aromatic rings. The smallest absolute Gasteiger partial charge is 0.172 e. The van der Waals surface area contributed by atoms with Gasteiger partial charge < -0.3 is 15.8 Å². The van der Waals surface area contributed by atoms with Gasteiger partial charge in [-0.1, -0.05) is 12.1 Å². The maximum absolute atomic E-state index is 13.1. The van der Waals surface area contributed by atoms with E-state index in [1.54, 1.807) is 6.07 Å². The molecule has 0 spiro atoms. The number of amidine groups is 1. The highest BCUT2D eigenvalue weighted by molar-refractivity contribution is 6.02. The van der Waals surface area contributed by atoms with Crippen LogP contribution >= 0.6 is 0 Å². The predicted molar refractivity (Wildman–Crippen MR) is 62.5 cm³/mol. The van der Waals surface area contributed by atoms with Crippen molar-refractivity contribution in [3.05, 3.63) is 29.6 Å². The van der Waals surface area contributed by atoms with Gasteiger partial charge in [-0.3, -0.25) is 0 Å². The van der Waals surface area contributed by atoms with Crippen LogP contribution in [0.2, 0.25) is 0 Å². The molecule has 16 heavy (non-hydrogen) atoms. The second-order valence-corrected chi connectivity index (χ2v) is 3.57. The lowest BCUT2D eigenvalue weighted by Crippen LogP contribution is -2.23. The Labute approximate surface area is 94.2 Å². The molecule has 0 heterocycles. The lowest BCUT2D eigenvalue weighted by molar-refractivity contribution is 0.318. The molecule has 0 saturated carbocycles. The summed E-state index contributed by atoms with van der Waals surface area (Å²) in [5.74, 6) is -0.493. The summed E-state index contributed by atoms with van der Waals surface area (Å²) in [6, 6.07) is 4.24. The Hall–Kier alpha value is -1.78. The van der Waals surface area contributed by atoms with Crippen molar-refractivity contribution in [2.75, 3.05) is 18.5 Å². The van der Waals surface area contributed by atoms with E-state index in [1.165, 1.54) is 12.1 Å². The van der Waals surface area contributed by atoms with Crippen LogP contribution in [0.15, 0.2) is 23.4 Å². The molecule has 0 aliphatic carbocycles. The Kier molecular flexibility index (Phi) is 4.10. The third-order valence-corrected chi connectivity index (χ3v) is 2.31. The lowest BCUT2D eigenvalue weighted by Gasteiger charge is -2.21. The minimum Gasteiger partial charge on any atom is -0.409 e. The summed E-state index contributed by atoms with van der Waals surface area (Å²) in [7, 11) is 1.88. The number of rotatable bonds is 4. The van der Waals surface area contributed by atoms with E-state index in [0.717, 1.165) is 18.7 Å². The van der Waals surface area contributed by atoms with Crippen molar-refractivity contribution in [2.45, 2.75) is 13.3 Å². The van der Waals surface area contributed by atoms with Crippen molar-refractivity contribution in [1.29, 1.82) is 0 Å². The minimum absolute atomic E-state index is 0.0857. The molecule has 0 aliphatic heterocycles. The number of benzene rings is 1. The number of oxime groups is 1. The number of hydrogen-bond acceptors (Lipinski definition) is 3. The molecule has 0 atom stereocenters. The molecular weight excluding hydrogens is 209 g/mol. The second-order valence-electron chi connectivity index (χ2n) is 3.57. The third kappa shape index (κ3) is 2.62. The lowest BCUT2D eigenvalue weighted by atomic mass is 10.1. The Balaban J connectivity index is 3.17. The molecule has 0 saturated heterocycles. The zero-order chi connectivity index (χ0) is 12.1. The average Bonchev–Trinajstić information content (AvgIpc) is 2.28. The van der Waals surface area contributed by atoms with Crippen molar-refractivity contribution in [1.82, 2.24) is 0 Å². The number of nitrogens with two attached hydrogens (primary N) is 1. The standard InChI is InChI=1S/C11H16FN3O/c1-3-6-15(2)10-5-4-8(12)7-9(10)11(13)14-16/h4-5,7,16H,3,6H2,1-2H3,(H2,13,14). The van der Waals surface area contributed by atoms with Gasteiger partial charge in [0, 0.05) is 24.8 Å². The molecule has 0 bridgehead atoms. The number of anilines is 1. The van der Waals surface area contributed by atoms with Gasteiger partial charge in [-0.25, -0.2) is 4.39 Å². The molecule has 0 fully saturated rings. The summed E-state index contributed by atoms with van der Waals surface area (Å²) < 4.78 is 13.1. The summed E-state index contributed by atoms with van der Waals surface area (Å²) in [6.45, 7) is 2.86. The van der Waals surface area contributed by atoms with Gasteiger partial charge in [-0.15, -0.1) is 0 Å². The SMILES string of the molecule is CCCN(C)c1ccc(F)cc1C(N)=NO. The van der Waals surface area contributed by atoms with Crippen molar-refractivity contribution < 1.29 is 9.60 Å². The zero-order valence-electron chi connectivity index (χ0n) is 9.44. The number of nitrogens with zero attached hydrogens (tertiary/aromatic N) is 2. The van der Waals surface area contributed by atoms with Crippen molar-refractivity contribution in [3.63, 3.8) is 0 Å². The third-order valence-electron chi connectivity index (χ3n) is 2.31. The van der Waals surface area contributed by atoms with Crippen LogP contribution in [0.5, 0.6) is 0 Å². The quantitative estimate of drug-likeness (QED) is 0.355. The monoisotopic (exact) mass is 225 g/mol. The summed E-state index contributed by atoms with van der Waals surface area (Å²) in [6.07, 6.45) is 0.962. The van der Waals surface area contributed by atoms with Crippen molar-refractivity contribution >= 4 is 11.5 Å². The molecule has 1 aromatic carbocycles. The van der Waals surface area contributed by atoms with Gasteiger partial charge in [-0.05, 0) is 24.6 Å². The Morgan fingerprint density at radius 1 is 1.56 bits per heavy atom. The highest BCUT2D eigenvalue weighted by Gasteiger charge is 2.11. The fourth-order valence-electron chi connectivity index (χ4n) is 1.56. The molecule has 3 N–H and O–H groups in total. The average molecular weight is 225 g/mol. The minimum atomic E-state index is -0.407. The van der Waals surface area contributed by atoms with Gasteiger partial charge in [-0.2, -0.15) is 0 Å². The predicted octanol–water partition coefficient (Wildman–Crippen LogP) is 1.77. The van der Waals surface area contributed by atoms with Gasteiger partial charge in [0.1, 0.15) is 5.82 Å². The van der Waals surface area contributed by atoms with Gasteiger partial charge in [0.05, 0.1) is 0 Å². The summed E-state index contributed by atoms with van der Waals surface area (Å²) in [4.78, 5) is 1.94. The van der Waals surface area contributed by atoms with Crippen molar-refractivity contribution in [3.8, 4) is 0 Å². The molecule has 88 valence electrons. The first-order valence-corrected chi connectivity index (χ1v) is 5.08. The Bertz CT molecular complexity index is 393. The Morgan fingerprint density at radius 2 is 2.25 bits per heavy atom. The zero-order valence-corrected chi connectivity index (χ0v) is 9.44. The van der Waals surface area contributed by atoms with Gasteiger partial charge >= 0.3 is 0 Å². The maximum Gasteiger partial charge on any atom is 0.172 e. The van der Waals surface area contributed by atoms with Crippen LogP contribution in [-0.4, -0.2) is 24.6 Å². The fourth-order valence-corrected chi connectivity index (χ4v) is 1.56. The summed E-state index contributed by atoms with van der Waals surface area (Å²) in [5, 5.41) is 11.5. The van der Waals surface area contributed by atoms with Gasteiger partial charge in [0.15, 0.2) is 5.84 Å². The van der Waals surface area contributed by atoms with Crippen LogP contribution in [0.25, 0.3) is 0 Å². The normalized spacial score (nSPS) is 11.6. The van der Waals surface area contributed by atoms with Crippen LogP contribution < -0.4 is 10.6 Å². The number of halogens is 1. The summed E-state index contributed by atoms with van der Waals surface area (Å²) >= 11 is 0. The Morgan fingerprint density at radius 3 is 2.81 bits per heavy atom. The van der Waals surface area contributed by atoms with Crippen LogP contribution in [0.1, 0.15) is 18.9 Å². The number of hydrogen-bond donors (Lipinski definition) is 2. The maximum atomic E-state index is 13.1. The first kappa shape index (κ1) is 12.3. The molecular formula is C11H16FN3O. The molecule has 1 rings (SSSR count). The van der Waals surface area contributed by atoms with Crippen molar-refractivity contribution in [2.24, 2.45) is 10.9 Å². The van der Waals surface area contributed by atoms with Crippen LogP contribution in [0, 0.1) is 5.82 Å². The molecule has 0 radical (unpaired) electrons. The topological polar surface area (TPSA) is 61.8 Å². The van der Waals surface area contributed by atoms with E-state index in [9.17, 15) is 4.39 Å². The van der Waals surface area contributed by atoms with Gasteiger partial charge in [0.2, 0.25) is 0 Å². The molecule has 5 heteroatoms. The van der Waals surface area contributed by atoms with E-state index in [-0.39, 0.29) is 5.84 Å². The summed E-state index contributed by atoms with van der Waals surface area (Å²) in [5.41, 5.74) is 6.65. The van der Waals surface area contributed by atoms with E-state index >= 15 is 0 Å². The van der Waals surface area contributed by atoms with E-state index in [0.29, 0.717) is 5.56 Å². The van der Waals surface area contributed by atoms with E-state index in [1.807, 2.05) is 18.9 Å². The highest BCUT2D eigenvalue weighted by Crippen LogP contribution is 2.20. The first-order chi connectivity index (χ1) is 7.60. The van der Waals surface area contributed by atoms with E-state index < -0.39 is 5.82 Å². The van der Waals surface area contributed by atoms with E-state index in [2.05, 4.69) is 5.16 Å². The molecule has 0 aromatic heterocycles. The first-order valence-electron chi connectivity index (χ1n) is 5.08. The molecule has 0 unspecified atom stereocenters. The second kappa shape index (κ2) is 5.34. The molecule has 4 nitrogen and oxygen atoms in total. The van der Waals surface area contributed by atoms with Crippen LogP contribution in [-0.2, 0) is 0 Å². The van der Waals surface area contributed by atoms with Gasteiger partial charge in [0.25, 0.3) is 0 Å². The van der Waals surface area contributed by atoms with Crippen LogP contribution in [0.3, 0.4) is 0 Å². The molecule has 0 amide bonds. The van der Waals surface area contributed by atoms with E-state index in [4.69, 9.17) is 10.9 Å². The largest absolute Gasteiger partial charge is 0.409 e. The highest BCUT2D eigenvalue weighted by atomic mass is 19.1. The molecule has 0 aliphatic rings.